The molecule has 0 saturated carbocycles. The Balaban J connectivity index is 1.62. The van der Waals surface area contributed by atoms with Gasteiger partial charge in [-0.3, -0.25) is 4.99 Å². The van der Waals surface area contributed by atoms with Crippen LogP contribution in [0.2, 0.25) is 0 Å². The van der Waals surface area contributed by atoms with Crippen LogP contribution in [-0.4, -0.2) is 49.7 Å². The minimum Gasteiger partial charge on any atom is -0.454 e. The van der Waals surface area contributed by atoms with E-state index in [1.165, 1.54) is 0 Å². The monoisotopic (exact) mass is 382 g/mol. The molecule has 0 aliphatic carbocycles. The minimum atomic E-state index is -3.03. The Hall–Kier alpha value is -1.41. The van der Waals surface area contributed by atoms with Gasteiger partial charge in [0.25, 0.3) is 0 Å². The molecule has 25 heavy (non-hydrogen) atoms. The van der Waals surface area contributed by atoms with E-state index in [0.29, 0.717) is 11.7 Å². The first-order valence-corrected chi connectivity index (χ1v) is 11.3. The van der Waals surface area contributed by atoms with Crippen molar-refractivity contribution in [3.8, 4) is 11.5 Å². The SMILES string of the molecule is CC(C)CCSC1=N[C@H]2CS(=O)(=O)C[C@@H]2N1c1ccc2c(c1)OCO2. The highest BCUT2D eigenvalue weighted by atomic mass is 32.2. The molecule has 4 rings (SSSR count). The third-order valence-corrected chi connectivity index (χ3v) is 7.37. The van der Waals surface area contributed by atoms with Gasteiger partial charge in [-0.05, 0) is 24.5 Å². The normalized spacial score (nSPS) is 26.2. The van der Waals surface area contributed by atoms with Crippen LogP contribution in [0.5, 0.6) is 11.5 Å². The zero-order valence-electron chi connectivity index (χ0n) is 14.3. The number of rotatable bonds is 4. The summed E-state index contributed by atoms with van der Waals surface area (Å²) in [5.74, 6) is 3.34. The molecule has 1 fully saturated rings. The highest BCUT2D eigenvalue weighted by Crippen LogP contribution is 2.40. The average Bonchev–Trinajstić information content (AvgIpc) is 3.17. The van der Waals surface area contributed by atoms with Crippen LogP contribution < -0.4 is 14.4 Å². The van der Waals surface area contributed by atoms with Gasteiger partial charge in [0.1, 0.15) is 0 Å². The number of hydrogen-bond donors (Lipinski definition) is 0. The predicted octanol–water partition coefficient (Wildman–Crippen LogP) is 2.54. The smallest absolute Gasteiger partial charge is 0.231 e. The van der Waals surface area contributed by atoms with Crippen molar-refractivity contribution in [2.75, 3.05) is 29.0 Å². The summed E-state index contributed by atoms with van der Waals surface area (Å²) in [4.78, 5) is 6.83. The Labute approximate surface area is 152 Å². The number of amidine groups is 1. The molecule has 3 heterocycles. The lowest BCUT2D eigenvalue weighted by Gasteiger charge is -2.26. The summed E-state index contributed by atoms with van der Waals surface area (Å²) in [6.07, 6.45) is 1.10. The molecule has 0 amide bonds. The Bertz CT molecular complexity index is 807. The standard InChI is InChI=1S/C17H22N2O4S2/c1-11(2)5-6-24-17-18-13-8-25(20,21)9-14(13)19(17)12-3-4-15-16(7-12)23-10-22-15/h3-4,7,11,13-14H,5-6,8-10H2,1-2H3/t13-,14-/m0/s1. The van der Waals surface area contributed by atoms with E-state index in [1.807, 2.05) is 18.2 Å². The third kappa shape index (κ3) is 3.33. The van der Waals surface area contributed by atoms with Crippen molar-refractivity contribution in [1.29, 1.82) is 0 Å². The molecule has 0 radical (unpaired) electrons. The molecule has 1 saturated heterocycles. The Morgan fingerprint density at radius 1 is 1.28 bits per heavy atom. The minimum absolute atomic E-state index is 0.119. The summed E-state index contributed by atoms with van der Waals surface area (Å²) in [6.45, 7) is 4.63. The van der Waals surface area contributed by atoms with Crippen molar-refractivity contribution in [2.24, 2.45) is 10.9 Å². The fourth-order valence-corrected chi connectivity index (χ4v) is 6.56. The number of hydrogen-bond acceptors (Lipinski definition) is 7. The van der Waals surface area contributed by atoms with E-state index in [0.717, 1.165) is 28.8 Å². The second-order valence-electron chi connectivity index (χ2n) is 7.06. The third-order valence-electron chi connectivity index (χ3n) is 4.67. The highest BCUT2D eigenvalue weighted by molar-refractivity contribution is 8.14. The summed E-state index contributed by atoms with van der Waals surface area (Å²) < 4.78 is 35.0. The van der Waals surface area contributed by atoms with Crippen LogP contribution >= 0.6 is 11.8 Å². The van der Waals surface area contributed by atoms with Crippen LogP contribution in [0.3, 0.4) is 0 Å². The van der Waals surface area contributed by atoms with Crippen molar-refractivity contribution < 1.29 is 17.9 Å². The molecular weight excluding hydrogens is 360 g/mol. The van der Waals surface area contributed by atoms with Crippen LogP contribution in [0.4, 0.5) is 5.69 Å². The molecule has 1 aromatic rings. The Morgan fingerprint density at radius 3 is 2.88 bits per heavy atom. The molecule has 0 N–H and O–H groups in total. The van der Waals surface area contributed by atoms with Crippen LogP contribution in [0.15, 0.2) is 23.2 Å². The topological polar surface area (TPSA) is 68.2 Å². The van der Waals surface area contributed by atoms with Crippen molar-refractivity contribution in [3.63, 3.8) is 0 Å². The molecule has 8 heteroatoms. The number of benzene rings is 1. The highest BCUT2D eigenvalue weighted by Gasteiger charge is 2.47. The number of aliphatic imine (C=N–C) groups is 1. The van der Waals surface area contributed by atoms with Crippen molar-refractivity contribution in [2.45, 2.75) is 32.4 Å². The second kappa shape index (κ2) is 6.39. The Kier molecular flexibility index (Phi) is 4.35. The lowest BCUT2D eigenvalue weighted by Crippen LogP contribution is -2.39. The number of anilines is 1. The van der Waals surface area contributed by atoms with Gasteiger partial charge < -0.3 is 14.4 Å². The average molecular weight is 383 g/mol. The molecule has 2 atom stereocenters. The summed E-state index contributed by atoms with van der Waals surface area (Å²) in [6, 6.07) is 5.47. The van der Waals surface area contributed by atoms with Crippen LogP contribution in [0.25, 0.3) is 0 Å². The van der Waals surface area contributed by atoms with Gasteiger partial charge in [0, 0.05) is 17.5 Å². The number of ether oxygens (including phenoxy) is 2. The molecular formula is C17H22N2O4S2. The maximum Gasteiger partial charge on any atom is 0.231 e. The van der Waals surface area contributed by atoms with Crippen LogP contribution in [-0.2, 0) is 9.84 Å². The van der Waals surface area contributed by atoms with Gasteiger partial charge >= 0.3 is 0 Å². The fourth-order valence-electron chi connectivity index (χ4n) is 3.36. The van der Waals surface area contributed by atoms with Crippen LogP contribution in [0, 0.1) is 5.92 Å². The molecule has 1 aromatic carbocycles. The number of thioether (sulfide) groups is 1. The maximum atomic E-state index is 12.1. The fraction of sp³-hybridized carbons (Fsp3) is 0.588. The van der Waals surface area contributed by atoms with Crippen LogP contribution in [0.1, 0.15) is 20.3 Å². The molecule has 0 bridgehead atoms. The van der Waals surface area contributed by atoms with E-state index in [-0.39, 0.29) is 30.4 Å². The second-order valence-corrected chi connectivity index (χ2v) is 10.3. The van der Waals surface area contributed by atoms with Gasteiger partial charge in [-0.1, -0.05) is 25.6 Å². The van der Waals surface area contributed by atoms with Gasteiger partial charge in [-0.25, -0.2) is 8.42 Å². The first-order valence-electron chi connectivity index (χ1n) is 8.53. The largest absolute Gasteiger partial charge is 0.454 e. The summed E-state index contributed by atoms with van der Waals surface area (Å²) in [5, 5.41) is 0.921. The summed E-state index contributed by atoms with van der Waals surface area (Å²) >= 11 is 1.71. The van der Waals surface area contributed by atoms with Gasteiger partial charge in [-0.15, -0.1) is 0 Å². The summed E-state index contributed by atoms with van der Waals surface area (Å²) in [5.41, 5.74) is 0.921. The van der Waals surface area contributed by atoms with E-state index in [4.69, 9.17) is 14.5 Å². The predicted molar refractivity (Wildman–Crippen MR) is 101 cm³/mol. The van der Waals surface area contributed by atoms with Gasteiger partial charge in [-0.2, -0.15) is 0 Å². The number of nitrogens with zero attached hydrogens (tertiary/aromatic N) is 2. The zero-order chi connectivity index (χ0) is 17.6. The number of sulfone groups is 1. The molecule has 0 unspecified atom stereocenters. The van der Waals surface area contributed by atoms with Crippen molar-refractivity contribution in [3.05, 3.63) is 18.2 Å². The number of fused-ring (bicyclic) bond motifs is 2. The van der Waals surface area contributed by atoms with E-state index in [2.05, 4.69) is 18.7 Å². The lowest BCUT2D eigenvalue weighted by molar-refractivity contribution is 0.174. The summed E-state index contributed by atoms with van der Waals surface area (Å²) in [7, 11) is -3.03. The first kappa shape index (κ1) is 17.0. The molecule has 0 spiro atoms. The van der Waals surface area contributed by atoms with Crippen molar-refractivity contribution in [1.82, 2.24) is 0 Å². The lowest BCUT2D eigenvalue weighted by atomic mass is 10.1. The van der Waals surface area contributed by atoms with Gasteiger partial charge in [0.2, 0.25) is 6.79 Å². The maximum absolute atomic E-state index is 12.1. The van der Waals surface area contributed by atoms with E-state index >= 15 is 0 Å². The molecule has 6 nitrogen and oxygen atoms in total. The van der Waals surface area contributed by atoms with E-state index < -0.39 is 9.84 Å². The van der Waals surface area contributed by atoms with E-state index in [9.17, 15) is 8.42 Å². The van der Waals surface area contributed by atoms with Gasteiger partial charge in [0.15, 0.2) is 26.5 Å². The van der Waals surface area contributed by atoms with Crippen molar-refractivity contribution >= 4 is 32.5 Å². The Morgan fingerprint density at radius 2 is 2.08 bits per heavy atom. The van der Waals surface area contributed by atoms with E-state index in [1.54, 1.807) is 11.8 Å². The molecule has 3 aliphatic heterocycles. The molecule has 3 aliphatic rings. The molecule has 0 aromatic heterocycles. The quantitative estimate of drug-likeness (QED) is 0.797. The molecule has 136 valence electrons. The first-order chi connectivity index (χ1) is 11.9. The zero-order valence-corrected chi connectivity index (χ0v) is 16.0. The van der Waals surface area contributed by atoms with Gasteiger partial charge in [0.05, 0.1) is 23.6 Å².